The van der Waals surface area contributed by atoms with Crippen LogP contribution in [0.15, 0.2) is 36.0 Å². The first-order chi connectivity index (χ1) is 9.17. The molecule has 100 valence electrons. The molecule has 2 N–H and O–H groups in total. The van der Waals surface area contributed by atoms with Crippen molar-refractivity contribution in [2.75, 3.05) is 20.6 Å². The van der Waals surface area contributed by atoms with Crippen molar-refractivity contribution in [2.24, 2.45) is 0 Å². The Balaban J connectivity index is 2.40. The lowest BCUT2D eigenvalue weighted by Crippen LogP contribution is -2.58. The summed E-state index contributed by atoms with van der Waals surface area (Å²) in [6.45, 7) is 0.00228. The van der Waals surface area contributed by atoms with E-state index in [2.05, 4.69) is 10.9 Å². The molecule has 1 aromatic rings. The predicted molar refractivity (Wildman–Crippen MR) is 71.1 cm³/mol. The van der Waals surface area contributed by atoms with Crippen LogP contribution in [0.5, 0.6) is 0 Å². The molecule has 1 aliphatic rings. The summed E-state index contributed by atoms with van der Waals surface area (Å²) >= 11 is 0. The number of amides is 2. The molecular weight excluding hydrogens is 244 g/mol. The van der Waals surface area contributed by atoms with E-state index in [4.69, 9.17) is 0 Å². The van der Waals surface area contributed by atoms with Crippen LogP contribution in [-0.4, -0.2) is 42.5 Å². The number of hydrazine groups is 2. The van der Waals surface area contributed by atoms with Gasteiger partial charge in [-0.15, -0.1) is 0 Å². The highest BCUT2D eigenvalue weighted by Gasteiger charge is 2.33. The van der Waals surface area contributed by atoms with E-state index in [0.717, 1.165) is 5.56 Å². The fourth-order valence-electron chi connectivity index (χ4n) is 1.91. The molecule has 1 saturated heterocycles. The number of benzene rings is 1. The van der Waals surface area contributed by atoms with Gasteiger partial charge in [0.2, 0.25) is 0 Å². The van der Waals surface area contributed by atoms with Gasteiger partial charge in [0.1, 0.15) is 12.2 Å². The average molecular weight is 260 g/mol. The Morgan fingerprint density at radius 2 is 1.79 bits per heavy atom. The van der Waals surface area contributed by atoms with Crippen LogP contribution in [0.2, 0.25) is 0 Å². The van der Waals surface area contributed by atoms with Crippen LogP contribution in [0, 0.1) is 0 Å². The molecule has 1 aliphatic heterocycles. The van der Waals surface area contributed by atoms with Crippen LogP contribution in [0.4, 0.5) is 0 Å². The lowest BCUT2D eigenvalue weighted by Gasteiger charge is -2.34. The monoisotopic (exact) mass is 260 g/mol. The van der Waals surface area contributed by atoms with Gasteiger partial charge in [-0.3, -0.25) is 14.6 Å². The second-order valence-electron chi connectivity index (χ2n) is 4.01. The molecule has 6 nitrogen and oxygen atoms in total. The molecule has 0 saturated carbocycles. The Morgan fingerprint density at radius 1 is 1.11 bits per heavy atom. The second kappa shape index (κ2) is 5.64. The fourth-order valence-corrected chi connectivity index (χ4v) is 1.91. The number of nitrogens with zero attached hydrogens (tertiary/aromatic N) is 2. The largest absolute Gasteiger partial charge is 0.286 e. The summed E-state index contributed by atoms with van der Waals surface area (Å²) in [7, 11) is 3.22. The van der Waals surface area contributed by atoms with Crippen molar-refractivity contribution >= 4 is 17.9 Å². The SMILES string of the molecule is CNN1CC(=O)N(NC)C(=Cc2ccccc2)C1=O. The van der Waals surface area contributed by atoms with Crippen molar-refractivity contribution in [3.63, 3.8) is 0 Å². The quantitative estimate of drug-likeness (QED) is 0.749. The van der Waals surface area contributed by atoms with Crippen LogP contribution in [-0.2, 0) is 9.59 Å². The molecule has 0 radical (unpaired) electrons. The number of carbonyl (C=O) groups excluding carboxylic acids is 2. The van der Waals surface area contributed by atoms with Gasteiger partial charge in [0.25, 0.3) is 11.8 Å². The summed E-state index contributed by atoms with van der Waals surface area (Å²) in [4.78, 5) is 24.2. The number of carbonyl (C=O) groups is 2. The molecule has 1 aromatic carbocycles. The van der Waals surface area contributed by atoms with Gasteiger partial charge in [-0.1, -0.05) is 30.3 Å². The first-order valence-electron chi connectivity index (χ1n) is 5.93. The second-order valence-corrected chi connectivity index (χ2v) is 4.01. The molecule has 0 aromatic heterocycles. The van der Waals surface area contributed by atoms with Crippen LogP contribution >= 0.6 is 0 Å². The van der Waals surface area contributed by atoms with Crippen LogP contribution in [0.1, 0.15) is 5.56 Å². The molecule has 2 rings (SSSR count). The zero-order valence-electron chi connectivity index (χ0n) is 10.9. The van der Waals surface area contributed by atoms with Gasteiger partial charge in [0.15, 0.2) is 0 Å². The number of piperazine rings is 1. The first kappa shape index (κ1) is 13.3. The maximum absolute atomic E-state index is 12.2. The van der Waals surface area contributed by atoms with Gasteiger partial charge in [-0.25, -0.2) is 15.9 Å². The third-order valence-electron chi connectivity index (χ3n) is 2.84. The van der Waals surface area contributed by atoms with E-state index in [-0.39, 0.29) is 18.4 Å². The van der Waals surface area contributed by atoms with Crippen LogP contribution < -0.4 is 10.9 Å². The predicted octanol–water partition coefficient (Wildman–Crippen LogP) is -0.0329. The number of hydrogen-bond donors (Lipinski definition) is 2. The van der Waals surface area contributed by atoms with E-state index in [1.807, 2.05) is 30.3 Å². The lowest BCUT2D eigenvalue weighted by molar-refractivity contribution is -0.149. The van der Waals surface area contributed by atoms with Gasteiger partial charge in [0.05, 0.1) is 0 Å². The fraction of sp³-hybridized carbons (Fsp3) is 0.231. The number of hydrogen-bond acceptors (Lipinski definition) is 4. The van der Waals surface area contributed by atoms with Crippen molar-refractivity contribution < 1.29 is 9.59 Å². The van der Waals surface area contributed by atoms with E-state index >= 15 is 0 Å². The minimum absolute atomic E-state index is 0.00228. The van der Waals surface area contributed by atoms with Crippen LogP contribution in [0.3, 0.4) is 0 Å². The van der Waals surface area contributed by atoms with Gasteiger partial charge in [0, 0.05) is 14.1 Å². The standard InChI is InChI=1S/C13H16N4O2/c1-14-16-9-12(18)17(15-2)11(13(16)19)8-10-6-4-3-5-7-10/h3-8,14-15H,9H2,1-2H3. The highest BCUT2D eigenvalue weighted by atomic mass is 16.2. The third-order valence-corrected chi connectivity index (χ3v) is 2.84. The Morgan fingerprint density at radius 3 is 2.37 bits per heavy atom. The third kappa shape index (κ3) is 2.64. The molecule has 0 spiro atoms. The summed E-state index contributed by atoms with van der Waals surface area (Å²) in [6.07, 6.45) is 1.68. The maximum atomic E-state index is 12.2. The Labute approximate surface area is 111 Å². The van der Waals surface area contributed by atoms with E-state index in [1.54, 1.807) is 20.2 Å². The van der Waals surface area contributed by atoms with Crippen molar-refractivity contribution in [1.29, 1.82) is 0 Å². The average Bonchev–Trinajstić information content (AvgIpc) is 2.44. The van der Waals surface area contributed by atoms with E-state index in [0.29, 0.717) is 5.70 Å². The van der Waals surface area contributed by atoms with Crippen molar-refractivity contribution in [3.8, 4) is 0 Å². The normalized spacial score (nSPS) is 18.3. The maximum Gasteiger partial charge on any atom is 0.286 e. The van der Waals surface area contributed by atoms with Gasteiger partial charge >= 0.3 is 0 Å². The highest BCUT2D eigenvalue weighted by molar-refractivity contribution is 6.05. The van der Waals surface area contributed by atoms with Crippen molar-refractivity contribution in [2.45, 2.75) is 0 Å². The number of nitrogens with one attached hydrogen (secondary N) is 2. The molecule has 0 unspecified atom stereocenters. The molecule has 0 bridgehead atoms. The first-order valence-corrected chi connectivity index (χ1v) is 5.93. The van der Waals surface area contributed by atoms with Gasteiger partial charge < -0.3 is 0 Å². The Kier molecular flexibility index (Phi) is 3.94. The minimum atomic E-state index is -0.250. The van der Waals surface area contributed by atoms with Crippen molar-refractivity contribution in [1.82, 2.24) is 20.9 Å². The molecule has 0 aliphatic carbocycles. The Hall–Kier alpha value is -2.18. The zero-order valence-corrected chi connectivity index (χ0v) is 10.9. The summed E-state index contributed by atoms with van der Waals surface area (Å²) in [5.74, 6) is -0.445. The van der Waals surface area contributed by atoms with E-state index < -0.39 is 0 Å². The molecule has 0 atom stereocenters. The molecule has 1 heterocycles. The van der Waals surface area contributed by atoms with Crippen LogP contribution in [0.25, 0.3) is 6.08 Å². The van der Waals surface area contributed by atoms with E-state index in [9.17, 15) is 9.59 Å². The summed E-state index contributed by atoms with van der Waals surface area (Å²) in [5.41, 5.74) is 6.60. The lowest BCUT2D eigenvalue weighted by atomic mass is 10.1. The molecule has 6 heteroatoms. The summed E-state index contributed by atoms with van der Waals surface area (Å²) < 4.78 is 0. The molecule has 19 heavy (non-hydrogen) atoms. The minimum Gasteiger partial charge on any atom is -0.271 e. The van der Waals surface area contributed by atoms with E-state index in [1.165, 1.54) is 10.0 Å². The van der Waals surface area contributed by atoms with Gasteiger partial charge in [-0.2, -0.15) is 0 Å². The topological polar surface area (TPSA) is 64.7 Å². The Bertz CT molecular complexity index is 513. The molecular formula is C13H16N4O2. The van der Waals surface area contributed by atoms with Gasteiger partial charge in [-0.05, 0) is 11.6 Å². The highest BCUT2D eigenvalue weighted by Crippen LogP contribution is 2.16. The summed E-state index contributed by atoms with van der Waals surface area (Å²) in [5, 5.41) is 2.55. The van der Waals surface area contributed by atoms with Crippen molar-refractivity contribution in [3.05, 3.63) is 41.6 Å². The molecule has 1 fully saturated rings. The number of rotatable bonds is 3. The molecule has 2 amide bonds. The summed E-state index contributed by atoms with van der Waals surface area (Å²) in [6, 6.07) is 9.39. The zero-order chi connectivity index (χ0) is 13.8. The smallest absolute Gasteiger partial charge is 0.271 e.